The zero-order valence-electron chi connectivity index (χ0n) is 14.5. The van der Waals surface area contributed by atoms with Gasteiger partial charge in [0.25, 0.3) is 0 Å². The Balaban J connectivity index is 1.51. The minimum absolute atomic E-state index is 0.417. The lowest BCUT2D eigenvalue weighted by atomic mass is 10.0. The van der Waals surface area contributed by atoms with Gasteiger partial charge in [-0.1, -0.05) is 29.8 Å². The van der Waals surface area contributed by atoms with Crippen molar-refractivity contribution in [3.8, 4) is 0 Å². The van der Waals surface area contributed by atoms with Crippen LogP contribution in [0.15, 0.2) is 42.6 Å². The number of aliphatic hydroxyl groups excluding tert-OH is 1. The molecular weight excluding hydrogens is 300 g/mol. The molecule has 3 rings (SSSR count). The SMILES string of the molecule is Cc1ccc(C(O)CN2CCC(N(C)c3cccnn3)CC2)cc1. The Kier molecular flexibility index (Phi) is 5.43. The van der Waals surface area contributed by atoms with Crippen LogP contribution in [-0.2, 0) is 0 Å². The van der Waals surface area contributed by atoms with Gasteiger partial charge in [0.1, 0.15) is 0 Å². The van der Waals surface area contributed by atoms with E-state index in [0.29, 0.717) is 12.6 Å². The molecule has 0 aliphatic carbocycles. The van der Waals surface area contributed by atoms with Crippen molar-refractivity contribution in [2.75, 3.05) is 31.6 Å². The minimum Gasteiger partial charge on any atom is -0.387 e. The van der Waals surface area contributed by atoms with Crippen molar-refractivity contribution in [3.63, 3.8) is 0 Å². The monoisotopic (exact) mass is 326 g/mol. The zero-order chi connectivity index (χ0) is 16.9. The number of nitrogens with zero attached hydrogens (tertiary/aromatic N) is 4. The van der Waals surface area contributed by atoms with E-state index in [1.807, 2.05) is 24.3 Å². The van der Waals surface area contributed by atoms with Crippen LogP contribution in [0.2, 0.25) is 0 Å². The lowest BCUT2D eigenvalue weighted by Crippen LogP contribution is -2.44. The van der Waals surface area contributed by atoms with Gasteiger partial charge >= 0.3 is 0 Å². The summed E-state index contributed by atoms with van der Waals surface area (Å²) in [6, 6.07) is 12.6. The molecule has 24 heavy (non-hydrogen) atoms. The fraction of sp³-hybridized carbons (Fsp3) is 0.474. The second-order valence-electron chi connectivity index (χ2n) is 6.65. The molecule has 0 bridgehead atoms. The van der Waals surface area contributed by atoms with Crippen molar-refractivity contribution in [2.45, 2.75) is 31.9 Å². The molecule has 1 aliphatic heterocycles. The third-order valence-electron chi connectivity index (χ3n) is 4.92. The summed E-state index contributed by atoms with van der Waals surface area (Å²) in [6.07, 6.45) is 3.44. The first-order valence-corrected chi connectivity index (χ1v) is 8.61. The van der Waals surface area contributed by atoms with Gasteiger partial charge in [0.05, 0.1) is 6.10 Å². The number of aromatic nitrogens is 2. The fourth-order valence-electron chi connectivity index (χ4n) is 3.30. The summed E-state index contributed by atoms with van der Waals surface area (Å²) in [5.41, 5.74) is 2.22. The number of hydrogen-bond acceptors (Lipinski definition) is 5. The van der Waals surface area contributed by atoms with Crippen LogP contribution in [0.5, 0.6) is 0 Å². The number of anilines is 1. The van der Waals surface area contributed by atoms with Gasteiger partial charge in [0.2, 0.25) is 0 Å². The molecule has 1 saturated heterocycles. The molecule has 1 aliphatic rings. The smallest absolute Gasteiger partial charge is 0.151 e. The topological polar surface area (TPSA) is 52.5 Å². The van der Waals surface area contributed by atoms with E-state index < -0.39 is 6.10 Å². The number of rotatable bonds is 5. The number of piperidine rings is 1. The van der Waals surface area contributed by atoms with Gasteiger partial charge in [-0.15, -0.1) is 5.10 Å². The van der Waals surface area contributed by atoms with Gasteiger partial charge < -0.3 is 14.9 Å². The first kappa shape index (κ1) is 16.9. The van der Waals surface area contributed by atoms with Crippen LogP contribution >= 0.6 is 0 Å². The Morgan fingerprint density at radius 2 is 1.92 bits per heavy atom. The van der Waals surface area contributed by atoms with E-state index in [0.717, 1.165) is 37.3 Å². The Morgan fingerprint density at radius 1 is 1.21 bits per heavy atom. The number of hydrogen-bond donors (Lipinski definition) is 1. The first-order valence-electron chi connectivity index (χ1n) is 8.61. The third kappa shape index (κ3) is 4.10. The van der Waals surface area contributed by atoms with E-state index in [1.54, 1.807) is 6.20 Å². The molecule has 1 fully saturated rings. The van der Waals surface area contributed by atoms with Gasteiger partial charge in [-0.3, -0.25) is 0 Å². The highest BCUT2D eigenvalue weighted by atomic mass is 16.3. The number of β-amino-alcohol motifs (C(OH)–C–C–N with tert-alkyl or cyclic N) is 1. The Hall–Kier alpha value is -1.98. The molecule has 2 aromatic rings. The molecule has 2 heterocycles. The molecule has 5 nitrogen and oxygen atoms in total. The lowest BCUT2D eigenvalue weighted by molar-refractivity contribution is 0.0972. The highest BCUT2D eigenvalue weighted by Crippen LogP contribution is 2.22. The molecule has 1 atom stereocenters. The Bertz CT molecular complexity index is 624. The summed E-state index contributed by atoms with van der Waals surface area (Å²) >= 11 is 0. The van der Waals surface area contributed by atoms with Crippen LogP contribution in [0.4, 0.5) is 5.82 Å². The maximum atomic E-state index is 10.4. The van der Waals surface area contributed by atoms with E-state index in [-0.39, 0.29) is 0 Å². The summed E-state index contributed by atoms with van der Waals surface area (Å²) in [6.45, 7) is 4.76. The molecule has 0 spiro atoms. The van der Waals surface area contributed by atoms with Crippen molar-refractivity contribution in [2.24, 2.45) is 0 Å². The van der Waals surface area contributed by atoms with Gasteiger partial charge in [-0.05, 0) is 37.5 Å². The van der Waals surface area contributed by atoms with E-state index in [1.165, 1.54) is 5.56 Å². The van der Waals surface area contributed by atoms with Gasteiger partial charge in [0, 0.05) is 38.9 Å². The lowest BCUT2D eigenvalue weighted by Gasteiger charge is -2.37. The summed E-state index contributed by atoms with van der Waals surface area (Å²) in [7, 11) is 2.09. The van der Waals surface area contributed by atoms with Crippen LogP contribution < -0.4 is 4.90 Å². The van der Waals surface area contributed by atoms with E-state index in [4.69, 9.17) is 0 Å². The largest absolute Gasteiger partial charge is 0.387 e. The highest BCUT2D eigenvalue weighted by molar-refractivity contribution is 5.36. The quantitative estimate of drug-likeness (QED) is 0.914. The maximum Gasteiger partial charge on any atom is 0.151 e. The fourth-order valence-corrected chi connectivity index (χ4v) is 3.30. The highest BCUT2D eigenvalue weighted by Gasteiger charge is 2.24. The normalized spacial score (nSPS) is 17.6. The zero-order valence-corrected chi connectivity index (χ0v) is 14.5. The van der Waals surface area contributed by atoms with E-state index in [9.17, 15) is 5.11 Å². The molecule has 1 aromatic carbocycles. The molecule has 1 unspecified atom stereocenters. The second-order valence-corrected chi connectivity index (χ2v) is 6.65. The van der Waals surface area contributed by atoms with Crippen LogP contribution in [0.3, 0.4) is 0 Å². The molecular formula is C19H26N4O. The summed E-state index contributed by atoms with van der Waals surface area (Å²) in [5, 5.41) is 18.6. The van der Waals surface area contributed by atoms with Crippen molar-refractivity contribution < 1.29 is 5.11 Å². The number of aliphatic hydroxyl groups is 1. The van der Waals surface area contributed by atoms with Crippen molar-refractivity contribution in [1.82, 2.24) is 15.1 Å². The Labute approximate surface area is 143 Å². The molecule has 128 valence electrons. The predicted octanol–water partition coefficient (Wildman–Crippen LogP) is 2.42. The molecule has 1 N–H and O–H groups in total. The van der Waals surface area contributed by atoms with Crippen LogP contribution in [0.1, 0.15) is 30.1 Å². The second kappa shape index (κ2) is 7.73. The Morgan fingerprint density at radius 3 is 2.54 bits per heavy atom. The summed E-state index contributed by atoms with van der Waals surface area (Å²) < 4.78 is 0. The average Bonchev–Trinajstić information content (AvgIpc) is 2.63. The predicted molar refractivity (Wildman–Crippen MR) is 96.0 cm³/mol. The maximum absolute atomic E-state index is 10.4. The first-order chi connectivity index (χ1) is 11.6. The molecule has 0 amide bonds. The number of benzene rings is 1. The van der Waals surface area contributed by atoms with Gasteiger partial charge in [-0.25, -0.2) is 0 Å². The van der Waals surface area contributed by atoms with Crippen molar-refractivity contribution >= 4 is 5.82 Å². The minimum atomic E-state index is -0.417. The van der Waals surface area contributed by atoms with E-state index in [2.05, 4.69) is 46.1 Å². The van der Waals surface area contributed by atoms with Gasteiger partial charge in [-0.2, -0.15) is 5.10 Å². The van der Waals surface area contributed by atoms with Gasteiger partial charge in [0.15, 0.2) is 5.82 Å². The number of likely N-dealkylation sites (tertiary alicyclic amines) is 1. The van der Waals surface area contributed by atoms with Crippen molar-refractivity contribution in [1.29, 1.82) is 0 Å². The third-order valence-corrected chi connectivity index (χ3v) is 4.92. The van der Waals surface area contributed by atoms with Crippen LogP contribution in [0, 0.1) is 6.92 Å². The van der Waals surface area contributed by atoms with E-state index >= 15 is 0 Å². The van der Waals surface area contributed by atoms with Crippen molar-refractivity contribution in [3.05, 3.63) is 53.7 Å². The number of aryl methyl sites for hydroxylation is 1. The molecule has 0 saturated carbocycles. The molecule has 5 heteroatoms. The standard InChI is InChI=1S/C19H26N4O/c1-15-5-7-16(8-6-15)18(24)14-23-12-9-17(10-13-23)22(2)19-4-3-11-20-21-19/h3-8,11,17-18,24H,9-10,12-14H2,1-2H3. The van der Waals surface area contributed by atoms with Crippen LogP contribution in [0.25, 0.3) is 0 Å². The summed E-state index contributed by atoms with van der Waals surface area (Å²) in [4.78, 5) is 4.58. The summed E-state index contributed by atoms with van der Waals surface area (Å²) in [5.74, 6) is 0.927. The molecule has 1 aromatic heterocycles. The molecule has 0 radical (unpaired) electrons. The average molecular weight is 326 g/mol. The van der Waals surface area contributed by atoms with Crippen LogP contribution in [-0.4, -0.2) is 52.9 Å².